The number of barbiturate groups is 1. The van der Waals surface area contributed by atoms with Crippen molar-refractivity contribution in [3.05, 3.63) is 63.1 Å². The molecule has 0 unspecified atom stereocenters. The Labute approximate surface area is 164 Å². The summed E-state index contributed by atoms with van der Waals surface area (Å²) in [4.78, 5) is 38.4. The van der Waals surface area contributed by atoms with Gasteiger partial charge in [-0.3, -0.25) is 14.9 Å². The number of aryl methyl sites for hydroxylation is 2. The van der Waals surface area contributed by atoms with Crippen molar-refractivity contribution < 1.29 is 19.1 Å². The van der Waals surface area contributed by atoms with Crippen molar-refractivity contribution in [2.24, 2.45) is 0 Å². The molecule has 0 saturated carbocycles. The number of amides is 4. The molecule has 0 aliphatic carbocycles. The normalized spacial score (nSPS) is 15.9. The summed E-state index contributed by atoms with van der Waals surface area (Å²) >= 11 is 3.36. The first-order chi connectivity index (χ1) is 12.8. The lowest BCUT2D eigenvalue weighted by Crippen LogP contribution is -2.54. The third-order valence-electron chi connectivity index (χ3n) is 4.29. The Hall–Kier alpha value is -2.93. The molecule has 1 aliphatic rings. The van der Waals surface area contributed by atoms with Crippen LogP contribution in [0.25, 0.3) is 6.08 Å². The van der Waals surface area contributed by atoms with E-state index in [4.69, 9.17) is 4.74 Å². The molecule has 0 bridgehead atoms. The number of hydrogen-bond acceptors (Lipinski definition) is 4. The van der Waals surface area contributed by atoms with Gasteiger partial charge in [-0.25, -0.2) is 9.69 Å². The molecule has 1 N–H and O–H groups in total. The van der Waals surface area contributed by atoms with Crippen LogP contribution in [-0.2, 0) is 9.59 Å². The summed E-state index contributed by atoms with van der Waals surface area (Å²) in [5.74, 6) is -0.836. The Morgan fingerprint density at radius 3 is 2.44 bits per heavy atom. The first-order valence-corrected chi connectivity index (χ1v) is 8.92. The van der Waals surface area contributed by atoms with Crippen LogP contribution in [-0.4, -0.2) is 25.0 Å². The number of anilines is 1. The molecular formula is C20H17BrN2O4. The molecule has 0 atom stereocenters. The van der Waals surface area contributed by atoms with Gasteiger partial charge in [0.15, 0.2) is 0 Å². The second-order valence-electron chi connectivity index (χ2n) is 6.15. The van der Waals surface area contributed by atoms with E-state index in [9.17, 15) is 14.4 Å². The molecule has 0 aromatic heterocycles. The molecule has 6 nitrogen and oxygen atoms in total. The lowest BCUT2D eigenvalue weighted by atomic mass is 10.0. The zero-order valence-corrected chi connectivity index (χ0v) is 16.6. The minimum Gasteiger partial charge on any atom is -0.497 e. The van der Waals surface area contributed by atoms with E-state index in [0.717, 1.165) is 20.5 Å². The Balaban J connectivity index is 2.04. The zero-order chi connectivity index (χ0) is 19.7. The van der Waals surface area contributed by atoms with Crippen LogP contribution >= 0.6 is 15.9 Å². The Kier molecular flexibility index (Phi) is 5.14. The molecule has 4 amide bonds. The van der Waals surface area contributed by atoms with Crippen molar-refractivity contribution in [3.63, 3.8) is 0 Å². The van der Waals surface area contributed by atoms with Gasteiger partial charge in [0, 0.05) is 4.47 Å². The molecule has 27 heavy (non-hydrogen) atoms. The van der Waals surface area contributed by atoms with Gasteiger partial charge in [0.25, 0.3) is 11.8 Å². The van der Waals surface area contributed by atoms with Crippen LogP contribution in [0.3, 0.4) is 0 Å². The van der Waals surface area contributed by atoms with Gasteiger partial charge in [0.2, 0.25) is 0 Å². The standard InChI is InChI=1S/C20H17BrN2O4/c1-11-4-5-15(6-12(11)2)23-19(25)17(18(24)22-20(23)26)9-13-7-14(21)10-16(8-13)27-3/h4-10H,1-3H3,(H,22,24,26)/b17-9+. The van der Waals surface area contributed by atoms with Crippen molar-refractivity contribution >= 4 is 45.5 Å². The lowest BCUT2D eigenvalue weighted by Gasteiger charge is -2.26. The van der Waals surface area contributed by atoms with Crippen LogP contribution < -0.4 is 15.0 Å². The molecule has 1 heterocycles. The Morgan fingerprint density at radius 1 is 1.04 bits per heavy atom. The van der Waals surface area contributed by atoms with Gasteiger partial charge < -0.3 is 4.74 Å². The maximum atomic E-state index is 12.9. The number of carbonyl (C=O) groups is 3. The Bertz CT molecular complexity index is 997. The number of imide groups is 2. The van der Waals surface area contributed by atoms with E-state index in [-0.39, 0.29) is 5.57 Å². The molecule has 2 aromatic rings. The molecule has 2 aromatic carbocycles. The average molecular weight is 429 g/mol. The summed E-state index contributed by atoms with van der Waals surface area (Å²) in [6.07, 6.45) is 1.44. The number of hydrogen-bond donors (Lipinski definition) is 1. The highest BCUT2D eigenvalue weighted by Crippen LogP contribution is 2.26. The molecule has 3 rings (SSSR count). The molecule has 1 fully saturated rings. The largest absolute Gasteiger partial charge is 0.497 e. The van der Waals surface area contributed by atoms with E-state index in [0.29, 0.717) is 17.0 Å². The Morgan fingerprint density at radius 2 is 1.78 bits per heavy atom. The highest BCUT2D eigenvalue weighted by atomic mass is 79.9. The summed E-state index contributed by atoms with van der Waals surface area (Å²) < 4.78 is 5.94. The number of carbonyl (C=O) groups excluding carboxylic acids is 3. The van der Waals surface area contributed by atoms with Crippen molar-refractivity contribution in [1.29, 1.82) is 0 Å². The van der Waals surface area contributed by atoms with Gasteiger partial charge in [0.1, 0.15) is 11.3 Å². The van der Waals surface area contributed by atoms with E-state index < -0.39 is 17.8 Å². The average Bonchev–Trinajstić information content (AvgIpc) is 2.61. The highest BCUT2D eigenvalue weighted by molar-refractivity contribution is 9.10. The number of halogens is 1. The van der Waals surface area contributed by atoms with E-state index in [2.05, 4.69) is 21.2 Å². The lowest BCUT2D eigenvalue weighted by molar-refractivity contribution is -0.122. The smallest absolute Gasteiger partial charge is 0.335 e. The van der Waals surface area contributed by atoms with Gasteiger partial charge in [0.05, 0.1) is 12.8 Å². The van der Waals surface area contributed by atoms with E-state index in [1.165, 1.54) is 13.2 Å². The topological polar surface area (TPSA) is 75.7 Å². The molecule has 0 spiro atoms. The van der Waals surface area contributed by atoms with Gasteiger partial charge in [-0.1, -0.05) is 22.0 Å². The number of benzene rings is 2. The third-order valence-corrected chi connectivity index (χ3v) is 4.75. The van der Waals surface area contributed by atoms with Gasteiger partial charge in [-0.2, -0.15) is 0 Å². The summed E-state index contributed by atoms with van der Waals surface area (Å²) in [5.41, 5.74) is 2.84. The summed E-state index contributed by atoms with van der Waals surface area (Å²) in [7, 11) is 1.53. The molecule has 138 valence electrons. The van der Waals surface area contributed by atoms with E-state index >= 15 is 0 Å². The summed E-state index contributed by atoms with van der Waals surface area (Å²) in [6.45, 7) is 3.83. The van der Waals surface area contributed by atoms with Crippen LogP contribution in [0, 0.1) is 13.8 Å². The van der Waals surface area contributed by atoms with Crippen LogP contribution in [0.1, 0.15) is 16.7 Å². The number of methoxy groups -OCH3 is 1. The van der Waals surface area contributed by atoms with Crippen molar-refractivity contribution in [2.75, 3.05) is 12.0 Å². The minimum atomic E-state index is -0.766. The van der Waals surface area contributed by atoms with Crippen LogP contribution in [0.2, 0.25) is 0 Å². The van der Waals surface area contributed by atoms with Gasteiger partial charge in [-0.05, 0) is 66.9 Å². The highest BCUT2D eigenvalue weighted by Gasteiger charge is 2.36. The number of urea groups is 1. The number of rotatable bonds is 3. The number of nitrogens with zero attached hydrogens (tertiary/aromatic N) is 1. The first kappa shape index (κ1) is 18.8. The second-order valence-corrected chi connectivity index (χ2v) is 7.07. The third kappa shape index (κ3) is 3.78. The van der Waals surface area contributed by atoms with Crippen LogP contribution in [0.4, 0.5) is 10.5 Å². The van der Waals surface area contributed by atoms with Gasteiger partial charge >= 0.3 is 6.03 Å². The van der Waals surface area contributed by atoms with E-state index in [1.807, 2.05) is 19.9 Å². The maximum Gasteiger partial charge on any atom is 0.335 e. The monoisotopic (exact) mass is 428 g/mol. The number of ether oxygens (including phenoxy) is 1. The quantitative estimate of drug-likeness (QED) is 0.596. The van der Waals surface area contributed by atoms with Crippen molar-refractivity contribution in [1.82, 2.24) is 5.32 Å². The predicted molar refractivity (Wildman–Crippen MR) is 106 cm³/mol. The molecule has 7 heteroatoms. The fraction of sp³-hybridized carbons (Fsp3) is 0.150. The molecular weight excluding hydrogens is 412 g/mol. The fourth-order valence-corrected chi connectivity index (χ4v) is 3.20. The summed E-state index contributed by atoms with van der Waals surface area (Å²) in [5, 5.41) is 2.22. The predicted octanol–water partition coefficient (Wildman–Crippen LogP) is 3.74. The minimum absolute atomic E-state index is 0.131. The first-order valence-electron chi connectivity index (χ1n) is 8.13. The zero-order valence-electron chi connectivity index (χ0n) is 15.0. The fourth-order valence-electron chi connectivity index (χ4n) is 2.71. The number of nitrogens with one attached hydrogen (secondary N) is 1. The molecule has 1 saturated heterocycles. The summed E-state index contributed by atoms with van der Waals surface area (Å²) in [6, 6.07) is 9.66. The molecule has 0 radical (unpaired) electrons. The van der Waals surface area contributed by atoms with Gasteiger partial charge in [-0.15, -0.1) is 0 Å². The van der Waals surface area contributed by atoms with E-state index in [1.54, 1.807) is 30.3 Å². The van der Waals surface area contributed by atoms with Crippen LogP contribution in [0.5, 0.6) is 5.75 Å². The molecule has 1 aliphatic heterocycles. The van der Waals surface area contributed by atoms with Crippen molar-refractivity contribution in [2.45, 2.75) is 13.8 Å². The SMILES string of the molecule is COc1cc(Br)cc(/C=C2\C(=O)NC(=O)N(c3ccc(C)c(C)c3)C2=O)c1. The van der Waals surface area contributed by atoms with Crippen LogP contribution in [0.15, 0.2) is 46.4 Å². The maximum absolute atomic E-state index is 12.9. The van der Waals surface area contributed by atoms with Crippen molar-refractivity contribution in [3.8, 4) is 5.75 Å². The second kappa shape index (κ2) is 7.36.